The summed E-state index contributed by atoms with van der Waals surface area (Å²) in [5, 5.41) is 18.6. The summed E-state index contributed by atoms with van der Waals surface area (Å²) in [7, 11) is 0. The number of nitrogens with zero attached hydrogens (tertiary/aromatic N) is 6. The zero-order valence-corrected chi connectivity index (χ0v) is 24.3. The Hall–Kier alpha value is -7.01. The van der Waals surface area contributed by atoms with Crippen LogP contribution in [0.25, 0.3) is 49.8 Å². The van der Waals surface area contributed by atoms with E-state index in [4.69, 9.17) is 21.2 Å². The molecule has 5 aromatic carbocycles. The molecule has 0 aliphatic rings. The van der Waals surface area contributed by atoms with Gasteiger partial charge in [0.05, 0.1) is 41.9 Å². The highest BCUT2D eigenvalue weighted by atomic mass is 16.3. The first kappa shape index (κ1) is 27.8. The van der Waals surface area contributed by atoms with E-state index in [0.717, 1.165) is 56.1 Å². The van der Waals surface area contributed by atoms with Crippen molar-refractivity contribution in [2.45, 2.75) is 0 Å². The van der Waals surface area contributed by atoms with Gasteiger partial charge in [-0.25, -0.2) is 9.83 Å². The molecule has 0 aliphatic heterocycles. The van der Waals surface area contributed by atoms with Crippen LogP contribution in [0.1, 0.15) is 11.1 Å². The van der Waals surface area contributed by atoms with E-state index in [1.54, 1.807) is 30.3 Å². The van der Waals surface area contributed by atoms with E-state index in [2.05, 4.69) is 26.9 Å². The standard InChI is InChI=1S/C39H22N6O/c1-42-32-21-27(24-41)20-31(22-32)28-10-14-33(15-11-28)45(35-18-19-36(43-25-35)29-8-6-26(23-40)7-9-29)34-16-12-30(13-17-34)39-44-37-4-2-3-5-38(37)46-39/h2-22,25H. The summed E-state index contributed by atoms with van der Waals surface area (Å²) in [5.41, 5.74) is 9.93. The first-order valence-corrected chi connectivity index (χ1v) is 14.4. The Balaban J connectivity index is 1.26. The molecule has 0 N–H and O–H groups in total. The number of aromatic nitrogens is 2. The van der Waals surface area contributed by atoms with E-state index in [9.17, 15) is 5.26 Å². The average Bonchev–Trinajstić information content (AvgIpc) is 3.57. The summed E-state index contributed by atoms with van der Waals surface area (Å²) >= 11 is 0. The maximum absolute atomic E-state index is 9.45. The largest absolute Gasteiger partial charge is 0.436 e. The fraction of sp³-hybridized carbons (Fsp3) is 0. The molecule has 214 valence electrons. The van der Waals surface area contributed by atoms with Gasteiger partial charge in [-0.2, -0.15) is 10.5 Å². The molecule has 0 saturated heterocycles. The number of oxazole rings is 1. The van der Waals surface area contributed by atoms with Crippen LogP contribution < -0.4 is 4.90 Å². The van der Waals surface area contributed by atoms with Crippen molar-refractivity contribution in [3.63, 3.8) is 0 Å². The third-order valence-electron chi connectivity index (χ3n) is 7.62. The molecule has 7 heteroatoms. The van der Waals surface area contributed by atoms with Crippen LogP contribution >= 0.6 is 0 Å². The Morgan fingerprint density at radius 1 is 0.630 bits per heavy atom. The number of anilines is 3. The Labute approximate surface area is 265 Å². The van der Waals surface area contributed by atoms with Crippen molar-refractivity contribution in [2.24, 2.45) is 0 Å². The first-order chi connectivity index (χ1) is 22.6. The van der Waals surface area contributed by atoms with E-state index in [-0.39, 0.29) is 0 Å². The minimum atomic E-state index is 0.423. The minimum Gasteiger partial charge on any atom is -0.436 e. The zero-order valence-electron chi connectivity index (χ0n) is 24.3. The topological polar surface area (TPSA) is 94.1 Å². The second-order valence-corrected chi connectivity index (χ2v) is 10.5. The Morgan fingerprint density at radius 3 is 1.91 bits per heavy atom. The van der Waals surface area contributed by atoms with E-state index < -0.39 is 0 Å². The maximum atomic E-state index is 9.45. The molecule has 2 heterocycles. The van der Waals surface area contributed by atoms with E-state index >= 15 is 0 Å². The second kappa shape index (κ2) is 11.9. The van der Waals surface area contributed by atoms with Crippen LogP contribution in [-0.2, 0) is 0 Å². The van der Waals surface area contributed by atoms with Crippen LogP contribution in [0, 0.1) is 29.2 Å². The van der Waals surface area contributed by atoms with Crippen LogP contribution in [0.4, 0.5) is 22.7 Å². The fourth-order valence-electron chi connectivity index (χ4n) is 5.31. The quantitative estimate of drug-likeness (QED) is 0.179. The van der Waals surface area contributed by atoms with Crippen molar-refractivity contribution in [1.82, 2.24) is 9.97 Å². The van der Waals surface area contributed by atoms with Gasteiger partial charge in [-0.15, -0.1) is 0 Å². The molecule has 0 amide bonds. The van der Waals surface area contributed by atoms with Gasteiger partial charge < -0.3 is 9.32 Å². The number of rotatable bonds is 6. The molecular formula is C39H22N6O. The molecule has 0 atom stereocenters. The van der Waals surface area contributed by atoms with Crippen LogP contribution in [-0.4, -0.2) is 9.97 Å². The Morgan fingerprint density at radius 2 is 1.28 bits per heavy atom. The summed E-state index contributed by atoms with van der Waals surface area (Å²) in [6, 6.07) is 44.5. The van der Waals surface area contributed by atoms with E-state index in [1.165, 1.54) is 0 Å². The molecule has 46 heavy (non-hydrogen) atoms. The van der Waals surface area contributed by atoms with Crippen LogP contribution in [0.15, 0.2) is 138 Å². The van der Waals surface area contributed by atoms with Crippen LogP contribution in [0.3, 0.4) is 0 Å². The molecule has 0 fully saturated rings. The molecule has 0 spiro atoms. The highest BCUT2D eigenvalue weighted by Crippen LogP contribution is 2.37. The predicted molar refractivity (Wildman–Crippen MR) is 178 cm³/mol. The molecule has 0 unspecified atom stereocenters. The van der Waals surface area contributed by atoms with Crippen LogP contribution in [0.2, 0.25) is 0 Å². The molecule has 7 rings (SSSR count). The lowest BCUT2D eigenvalue weighted by atomic mass is 10.0. The van der Waals surface area contributed by atoms with Gasteiger partial charge in [-0.1, -0.05) is 36.4 Å². The van der Waals surface area contributed by atoms with Gasteiger partial charge in [0.2, 0.25) is 5.89 Å². The second-order valence-electron chi connectivity index (χ2n) is 10.5. The van der Waals surface area contributed by atoms with Gasteiger partial charge in [0.25, 0.3) is 0 Å². The monoisotopic (exact) mass is 590 g/mol. The average molecular weight is 591 g/mol. The van der Waals surface area contributed by atoms with Gasteiger partial charge in [0.1, 0.15) is 5.52 Å². The number of nitriles is 2. The molecule has 2 aromatic heterocycles. The summed E-state index contributed by atoms with van der Waals surface area (Å²) in [6.45, 7) is 7.42. The normalized spacial score (nSPS) is 10.5. The minimum absolute atomic E-state index is 0.423. The van der Waals surface area contributed by atoms with Gasteiger partial charge in [-0.05, 0) is 102 Å². The summed E-state index contributed by atoms with van der Waals surface area (Å²) in [6.07, 6.45) is 1.83. The lowest BCUT2D eigenvalue weighted by Gasteiger charge is -2.25. The smallest absolute Gasteiger partial charge is 0.227 e. The Kier molecular flexibility index (Phi) is 7.21. The molecule has 0 radical (unpaired) electrons. The number of pyridine rings is 1. The Bertz CT molecular complexity index is 2250. The number of para-hydroxylation sites is 2. The van der Waals surface area contributed by atoms with Crippen molar-refractivity contribution in [1.29, 1.82) is 10.5 Å². The SMILES string of the molecule is [C-]#[N+]c1cc(C#N)cc(-c2ccc(N(c3ccc(-c4nc5ccccc5o4)cc3)c3ccc(-c4ccc(C#N)cc4)nc3)cc2)c1. The summed E-state index contributed by atoms with van der Waals surface area (Å²) < 4.78 is 5.99. The van der Waals surface area contributed by atoms with Gasteiger partial charge in [0.15, 0.2) is 11.3 Å². The number of fused-ring (bicyclic) bond motifs is 1. The van der Waals surface area contributed by atoms with Crippen molar-refractivity contribution < 1.29 is 4.42 Å². The van der Waals surface area contributed by atoms with E-state index in [0.29, 0.717) is 22.7 Å². The van der Waals surface area contributed by atoms with Crippen molar-refractivity contribution in [2.75, 3.05) is 4.90 Å². The lowest BCUT2D eigenvalue weighted by Crippen LogP contribution is -2.10. The van der Waals surface area contributed by atoms with Crippen molar-refractivity contribution in [3.05, 3.63) is 156 Å². The van der Waals surface area contributed by atoms with E-state index in [1.807, 2.05) is 103 Å². The summed E-state index contributed by atoms with van der Waals surface area (Å²) in [4.78, 5) is 15.0. The third kappa shape index (κ3) is 5.42. The molecule has 0 bridgehead atoms. The van der Waals surface area contributed by atoms with Gasteiger partial charge >= 0.3 is 0 Å². The third-order valence-corrected chi connectivity index (χ3v) is 7.62. The highest BCUT2D eigenvalue weighted by molar-refractivity contribution is 5.81. The predicted octanol–water partition coefficient (Wildman–Crippen LogP) is 9.99. The summed E-state index contributed by atoms with van der Waals surface area (Å²) in [5.74, 6) is 0.551. The van der Waals surface area contributed by atoms with Crippen molar-refractivity contribution in [3.8, 4) is 46.0 Å². The highest BCUT2D eigenvalue weighted by Gasteiger charge is 2.16. The van der Waals surface area contributed by atoms with Crippen LogP contribution in [0.5, 0.6) is 0 Å². The molecular weight excluding hydrogens is 568 g/mol. The molecule has 7 aromatic rings. The zero-order chi connectivity index (χ0) is 31.5. The number of hydrogen-bond acceptors (Lipinski definition) is 6. The maximum Gasteiger partial charge on any atom is 0.227 e. The molecule has 0 aliphatic carbocycles. The molecule has 0 saturated carbocycles. The lowest BCUT2D eigenvalue weighted by molar-refractivity contribution is 0.620. The van der Waals surface area contributed by atoms with Gasteiger partial charge in [-0.3, -0.25) is 4.98 Å². The molecule has 7 nitrogen and oxygen atoms in total. The van der Waals surface area contributed by atoms with Crippen molar-refractivity contribution >= 4 is 33.8 Å². The van der Waals surface area contributed by atoms with Gasteiger partial charge in [0, 0.05) is 28.1 Å². The fourth-order valence-corrected chi connectivity index (χ4v) is 5.31. The first-order valence-electron chi connectivity index (χ1n) is 14.4. The number of hydrogen-bond donors (Lipinski definition) is 0. The number of benzene rings is 5.